The van der Waals surface area contributed by atoms with Crippen molar-refractivity contribution in [3.05, 3.63) is 29.8 Å². The molecule has 1 aromatic rings. The van der Waals surface area contributed by atoms with E-state index in [4.69, 9.17) is 0 Å². The van der Waals surface area contributed by atoms with Gasteiger partial charge in [-0.3, -0.25) is 0 Å². The van der Waals surface area contributed by atoms with Crippen molar-refractivity contribution < 1.29 is 5.11 Å². The molecule has 1 saturated carbocycles. The molecular formula is C15H20OS. The van der Waals surface area contributed by atoms with Crippen molar-refractivity contribution in [2.24, 2.45) is 11.8 Å². The molecule has 17 heavy (non-hydrogen) atoms. The summed E-state index contributed by atoms with van der Waals surface area (Å²) in [5.41, 5.74) is 0.518. The summed E-state index contributed by atoms with van der Waals surface area (Å²) in [6, 6.07) is 8.40. The number of hydrogen-bond donors (Lipinski definition) is 1. The van der Waals surface area contributed by atoms with Crippen LogP contribution in [0.1, 0.15) is 38.2 Å². The summed E-state index contributed by atoms with van der Waals surface area (Å²) < 4.78 is 0. The van der Waals surface area contributed by atoms with Gasteiger partial charge in [-0.2, -0.15) is 0 Å². The molecule has 0 spiro atoms. The molecule has 0 bridgehead atoms. The van der Waals surface area contributed by atoms with Crippen LogP contribution in [-0.2, 0) is 5.60 Å². The monoisotopic (exact) mass is 248 g/mol. The highest BCUT2D eigenvalue weighted by Gasteiger charge is 2.43. The third-order valence-corrected chi connectivity index (χ3v) is 5.78. The van der Waals surface area contributed by atoms with Gasteiger partial charge in [0, 0.05) is 10.6 Å². The first-order valence-corrected chi connectivity index (χ1v) is 7.63. The van der Waals surface area contributed by atoms with Crippen LogP contribution in [-0.4, -0.2) is 10.9 Å². The fourth-order valence-electron chi connectivity index (χ4n) is 3.55. The molecule has 0 aromatic heterocycles. The van der Waals surface area contributed by atoms with E-state index in [1.54, 1.807) is 0 Å². The maximum atomic E-state index is 11.0. The molecule has 2 aliphatic rings. The van der Waals surface area contributed by atoms with E-state index in [1.165, 1.54) is 36.3 Å². The van der Waals surface area contributed by atoms with Crippen LogP contribution < -0.4 is 0 Å². The van der Waals surface area contributed by atoms with Crippen LogP contribution in [0, 0.1) is 11.8 Å². The van der Waals surface area contributed by atoms with E-state index in [1.807, 2.05) is 18.7 Å². The number of thioether (sulfide) groups is 1. The minimum atomic E-state index is -0.634. The van der Waals surface area contributed by atoms with Gasteiger partial charge in [0.2, 0.25) is 0 Å². The molecule has 2 heteroatoms. The molecule has 3 atom stereocenters. The van der Waals surface area contributed by atoms with Crippen molar-refractivity contribution in [3.8, 4) is 0 Å². The molecule has 1 fully saturated rings. The predicted octanol–water partition coefficient (Wildman–Crippen LogP) is 3.81. The van der Waals surface area contributed by atoms with Gasteiger partial charge in [0.25, 0.3) is 0 Å². The number of rotatable bonds is 0. The lowest BCUT2D eigenvalue weighted by Crippen LogP contribution is -2.38. The van der Waals surface area contributed by atoms with Crippen LogP contribution in [0.2, 0.25) is 0 Å². The maximum Gasteiger partial charge on any atom is 0.0910 e. The molecule has 1 unspecified atom stereocenters. The summed E-state index contributed by atoms with van der Waals surface area (Å²) in [5, 5.41) is 11.0. The molecule has 1 heterocycles. The highest BCUT2D eigenvalue weighted by atomic mass is 32.2. The SMILES string of the molecule is CC1(O)c2ccccc2SC[C@@H]2CCCC[C@H]21. The van der Waals surface area contributed by atoms with Crippen LogP contribution in [0.15, 0.2) is 29.2 Å². The van der Waals surface area contributed by atoms with E-state index in [9.17, 15) is 5.11 Å². The quantitative estimate of drug-likeness (QED) is 0.753. The molecule has 1 aliphatic heterocycles. The second-order valence-electron chi connectivity index (χ2n) is 5.61. The Morgan fingerprint density at radius 1 is 1.24 bits per heavy atom. The number of fused-ring (bicyclic) bond motifs is 2. The Morgan fingerprint density at radius 2 is 2.00 bits per heavy atom. The summed E-state index contributed by atoms with van der Waals surface area (Å²) in [6.45, 7) is 2.03. The van der Waals surface area contributed by atoms with Crippen molar-refractivity contribution in [2.75, 3.05) is 5.75 Å². The molecule has 92 valence electrons. The average Bonchev–Trinajstić information content (AvgIpc) is 2.47. The van der Waals surface area contributed by atoms with Gasteiger partial charge >= 0.3 is 0 Å². The van der Waals surface area contributed by atoms with Crippen molar-refractivity contribution in [1.82, 2.24) is 0 Å². The number of benzene rings is 1. The first-order chi connectivity index (χ1) is 8.19. The lowest BCUT2D eigenvalue weighted by molar-refractivity contribution is -0.0436. The van der Waals surface area contributed by atoms with Crippen molar-refractivity contribution >= 4 is 11.8 Å². The standard InChI is InChI=1S/C15H20OS/c1-15(16)12-7-3-2-6-11(12)10-17-14-9-5-4-8-13(14)15/h4-5,8-9,11-12,16H,2-3,6-7,10H2,1H3/t11-,12+,15?/m0/s1. The molecular weight excluding hydrogens is 228 g/mol. The van der Waals surface area contributed by atoms with Gasteiger partial charge in [0.1, 0.15) is 0 Å². The molecule has 1 nitrogen and oxygen atoms in total. The molecule has 3 rings (SSSR count). The predicted molar refractivity (Wildman–Crippen MR) is 72.2 cm³/mol. The Hall–Kier alpha value is -0.470. The smallest absolute Gasteiger partial charge is 0.0910 e. The van der Waals surface area contributed by atoms with E-state index >= 15 is 0 Å². The van der Waals surface area contributed by atoms with Crippen LogP contribution in [0.5, 0.6) is 0 Å². The Labute approximate surface area is 108 Å². The van der Waals surface area contributed by atoms with Gasteiger partial charge in [0.05, 0.1) is 5.60 Å². The van der Waals surface area contributed by atoms with Crippen molar-refractivity contribution in [3.63, 3.8) is 0 Å². The van der Waals surface area contributed by atoms with E-state index in [2.05, 4.69) is 24.3 Å². The zero-order chi connectivity index (χ0) is 11.9. The lowest BCUT2D eigenvalue weighted by Gasteiger charge is -2.39. The van der Waals surface area contributed by atoms with E-state index in [0.717, 1.165) is 5.56 Å². The second-order valence-corrected chi connectivity index (χ2v) is 6.67. The summed E-state index contributed by atoms with van der Waals surface area (Å²) in [7, 11) is 0. The zero-order valence-corrected chi connectivity index (χ0v) is 11.2. The normalized spacial score (nSPS) is 36.8. The highest BCUT2D eigenvalue weighted by molar-refractivity contribution is 7.99. The highest BCUT2D eigenvalue weighted by Crippen LogP contribution is 2.49. The van der Waals surface area contributed by atoms with Crippen molar-refractivity contribution in [1.29, 1.82) is 0 Å². The Morgan fingerprint density at radius 3 is 2.88 bits per heavy atom. The fraction of sp³-hybridized carbons (Fsp3) is 0.600. The topological polar surface area (TPSA) is 20.2 Å². The Bertz CT molecular complexity index is 413. The van der Waals surface area contributed by atoms with Gasteiger partial charge in [-0.1, -0.05) is 31.0 Å². The first-order valence-electron chi connectivity index (χ1n) is 6.64. The van der Waals surface area contributed by atoms with E-state index < -0.39 is 5.60 Å². The largest absolute Gasteiger partial charge is 0.385 e. The average molecular weight is 248 g/mol. The zero-order valence-electron chi connectivity index (χ0n) is 10.4. The first kappa shape index (κ1) is 11.6. The summed E-state index contributed by atoms with van der Waals surface area (Å²) in [5.74, 6) is 2.32. The third-order valence-electron chi connectivity index (χ3n) is 4.52. The van der Waals surface area contributed by atoms with Gasteiger partial charge in [0.15, 0.2) is 0 Å². The molecule has 1 aromatic carbocycles. The molecule has 0 amide bonds. The second kappa shape index (κ2) is 4.33. The maximum absolute atomic E-state index is 11.0. The van der Waals surface area contributed by atoms with Gasteiger partial charge < -0.3 is 5.11 Å². The third kappa shape index (κ3) is 1.92. The minimum Gasteiger partial charge on any atom is -0.385 e. The van der Waals surface area contributed by atoms with Gasteiger partial charge in [-0.25, -0.2) is 0 Å². The molecule has 0 radical (unpaired) electrons. The minimum absolute atomic E-state index is 0.451. The Balaban J connectivity index is 2.05. The molecule has 1 N–H and O–H groups in total. The number of hydrogen-bond acceptors (Lipinski definition) is 2. The van der Waals surface area contributed by atoms with Crippen LogP contribution in [0.4, 0.5) is 0 Å². The summed E-state index contributed by atoms with van der Waals surface area (Å²) in [4.78, 5) is 1.28. The van der Waals surface area contributed by atoms with Crippen LogP contribution in [0.3, 0.4) is 0 Å². The van der Waals surface area contributed by atoms with E-state index in [-0.39, 0.29) is 0 Å². The van der Waals surface area contributed by atoms with E-state index in [0.29, 0.717) is 11.8 Å². The molecule has 0 saturated heterocycles. The van der Waals surface area contributed by atoms with Gasteiger partial charge in [-0.05, 0) is 43.2 Å². The fourth-order valence-corrected chi connectivity index (χ4v) is 4.95. The van der Waals surface area contributed by atoms with Gasteiger partial charge in [-0.15, -0.1) is 11.8 Å². The molecule has 1 aliphatic carbocycles. The number of aliphatic hydroxyl groups is 1. The Kier molecular flexibility index (Phi) is 2.95. The van der Waals surface area contributed by atoms with Crippen molar-refractivity contribution in [2.45, 2.75) is 43.1 Å². The summed E-state index contributed by atoms with van der Waals surface area (Å²) in [6.07, 6.45) is 5.10. The van der Waals surface area contributed by atoms with Crippen LogP contribution >= 0.6 is 11.8 Å². The lowest BCUT2D eigenvalue weighted by atomic mass is 9.69. The summed E-state index contributed by atoms with van der Waals surface area (Å²) >= 11 is 1.94. The van der Waals surface area contributed by atoms with Crippen LogP contribution in [0.25, 0.3) is 0 Å².